The lowest BCUT2D eigenvalue weighted by Gasteiger charge is -2.17. The first-order valence-corrected chi connectivity index (χ1v) is 6.92. The Bertz CT molecular complexity index is 554. The average molecular weight is 242 g/mol. The lowest BCUT2D eigenvalue weighted by Crippen LogP contribution is -2.17. The van der Waals surface area contributed by atoms with Gasteiger partial charge in [0, 0.05) is 40.8 Å². The molecule has 2 heteroatoms. The van der Waals surface area contributed by atoms with Crippen LogP contribution in [0.15, 0.2) is 24.3 Å². The van der Waals surface area contributed by atoms with E-state index in [9.17, 15) is 0 Å². The third-order valence-electron chi connectivity index (χ3n) is 3.88. The van der Waals surface area contributed by atoms with E-state index in [0.717, 1.165) is 0 Å². The van der Waals surface area contributed by atoms with Crippen LogP contribution in [-0.2, 0) is 5.41 Å². The van der Waals surface area contributed by atoms with Gasteiger partial charge >= 0.3 is 0 Å². The molecule has 1 fully saturated rings. The fourth-order valence-electron chi connectivity index (χ4n) is 2.70. The maximum absolute atomic E-state index is 3.53. The van der Waals surface area contributed by atoms with Crippen LogP contribution in [0.4, 0.5) is 5.69 Å². The third-order valence-corrected chi connectivity index (χ3v) is 3.88. The zero-order valence-corrected chi connectivity index (χ0v) is 11.6. The molecule has 18 heavy (non-hydrogen) atoms. The highest BCUT2D eigenvalue weighted by molar-refractivity contribution is 5.84. The van der Waals surface area contributed by atoms with Gasteiger partial charge < -0.3 is 9.88 Å². The van der Waals surface area contributed by atoms with Gasteiger partial charge in [0.25, 0.3) is 0 Å². The van der Waals surface area contributed by atoms with Gasteiger partial charge in [-0.25, -0.2) is 0 Å². The van der Waals surface area contributed by atoms with Crippen molar-refractivity contribution in [2.75, 3.05) is 18.0 Å². The van der Waals surface area contributed by atoms with Crippen molar-refractivity contribution in [1.29, 1.82) is 0 Å². The Balaban J connectivity index is 2.01. The predicted molar refractivity (Wildman–Crippen MR) is 78.4 cm³/mol. The minimum atomic E-state index is 0.187. The topological polar surface area (TPSA) is 19.0 Å². The van der Waals surface area contributed by atoms with Gasteiger partial charge in [-0.1, -0.05) is 20.8 Å². The van der Waals surface area contributed by atoms with Gasteiger partial charge in [-0.05, 0) is 37.1 Å². The summed E-state index contributed by atoms with van der Waals surface area (Å²) in [5.74, 6) is 0. The van der Waals surface area contributed by atoms with Crippen LogP contribution >= 0.6 is 0 Å². The Labute approximate surface area is 109 Å². The summed E-state index contributed by atoms with van der Waals surface area (Å²) < 4.78 is 0. The Morgan fingerprint density at radius 2 is 1.78 bits per heavy atom. The Kier molecular flexibility index (Phi) is 2.61. The molecule has 1 aromatic carbocycles. The van der Waals surface area contributed by atoms with Gasteiger partial charge in [-0.3, -0.25) is 0 Å². The molecule has 96 valence electrons. The molecule has 3 rings (SSSR count). The molecule has 0 bridgehead atoms. The number of aromatic nitrogens is 1. The normalized spacial score (nSPS) is 16.7. The van der Waals surface area contributed by atoms with Crippen LogP contribution < -0.4 is 4.90 Å². The van der Waals surface area contributed by atoms with E-state index in [4.69, 9.17) is 0 Å². The largest absolute Gasteiger partial charge is 0.372 e. The highest BCUT2D eigenvalue weighted by Crippen LogP contribution is 2.29. The summed E-state index contributed by atoms with van der Waals surface area (Å²) in [4.78, 5) is 6.02. The number of hydrogen-bond acceptors (Lipinski definition) is 1. The first-order chi connectivity index (χ1) is 8.54. The quantitative estimate of drug-likeness (QED) is 0.798. The number of nitrogens with one attached hydrogen (secondary N) is 1. The van der Waals surface area contributed by atoms with Gasteiger partial charge in [-0.15, -0.1) is 0 Å². The molecule has 0 amide bonds. The monoisotopic (exact) mass is 242 g/mol. The summed E-state index contributed by atoms with van der Waals surface area (Å²) in [6.07, 6.45) is 2.66. The first kappa shape index (κ1) is 11.6. The van der Waals surface area contributed by atoms with Gasteiger partial charge in [0.1, 0.15) is 0 Å². The third kappa shape index (κ3) is 2.00. The molecule has 1 saturated heterocycles. The van der Waals surface area contributed by atoms with Crippen molar-refractivity contribution in [3.63, 3.8) is 0 Å². The van der Waals surface area contributed by atoms with Crippen LogP contribution in [0.3, 0.4) is 0 Å². The summed E-state index contributed by atoms with van der Waals surface area (Å²) in [7, 11) is 0. The Morgan fingerprint density at radius 1 is 1.06 bits per heavy atom. The van der Waals surface area contributed by atoms with E-state index < -0.39 is 0 Å². The fourth-order valence-corrected chi connectivity index (χ4v) is 2.70. The second-order valence-corrected chi connectivity index (χ2v) is 6.40. The Hall–Kier alpha value is -1.44. The summed E-state index contributed by atoms with van der Waals surface area (Å²) in [5, 5.41) is 1.34. The molecule has 2 aromatic rings. The summed E-state index contributed by atoms with van der Waals surface area (Å²) in [6.45, 7) is 9.17. The maximum Gasteiger partial charge on any atom is 0.0457 e. The van der Waals surface area contributed by atoms with E-state index in [2.05, 4.69) is 54.9 Å². The summed E-state index contributed by atoms with van der Waals surface area (Å²) in [6, 6.07) is 9.09. The Morgan fingerprint density at radius 3 is 2.44 bits per heavy atom. The summed E-state index contributed by atoms with van der Waals surface area (Å²) >= 11 is 0. The van der Waals surface area contributed by atoms with Gasteiger partial charge in [-0.2, -0.15) is 0 Å². The SMILES string of the molecule is CC(C)(C)c1cc2cc(N3CCCC3)ccc2[nH]1. The lowest BCUT2D eigenvalue weighted by atomic mass is 9.92. The van der Waals surface area contributed by atoms with Gasteiger partial charge in [0.05, 0.1) is 0 Å². The molecule has 0 aliphatic carbocycles. The van der Waals surface area contributed by atoms with Crippen molar-refractivity contribution in [3.8, 4) is 0 Å². The lowest BCUT2D eigenvalue weighted by molar-refractivity contribution is 0.574. The molecule has 0 spiro atoms. The van der Waals surface area contributed by atoms with Crippen LogP contribution in [0, 0.1) is 0 Å². The number of benzene rings is 1. The minimum Gasteiger partial charge on any atom is -0.372 e. The highest BCUT2D eigenvalue weighted by Gasteiger charge is 2.17. The van der Waals surface area contributed by atoms with E-state index in [1.165, 1.54) is 48.2 Å². The number of fused-ring (bicyclic) bond motifs is 1. The number of H-pyrrole nitrogens is 1. The molecule has 0 saturated carbocycles. The zero-order valence-electron chi connectivity index (χ0n) is 11.6. The maximum atomic E-state index is 3.53. The molecule has 2 nitrogen and oxygen atoms in total. The molecular formula is C16H22N2. The number of rotatable bonds is 1. The van der Waals surface area contributed by atoms with Crippen LogP contribution in [0.5, 0.6) is 0 Å². The smallest absolute Gasteiger partial charge is 0.0457 e. The second kappa shape index (κ2) is 4.04. The van der Waals surface area contributed by atoms with E-state index in [-0.39, 0.29) is 5.41 Å². The minimum absolute atomic E-state index is 0.187. The van der Waals surface area contributed by atoms with E-state index >= 15 is 0 Å². The molecule has 0 unspecified atom stereocenters. The van der Waals surface area contributed by atoms with E-state index in [0.29, 0.717) is 0 Å². The number of nitrogens with zero attached hydrogens (tertiary/aromatic N) is 1. The standard InChI is InChI=1S/C16H22N2/c1-16(2,3)15-11-12-10-13(6-7-14(12)17-15)18-8-4-5-9-18/h6-7,10-11,17H,4-5,8-9H2,1-3H3. The van der Waals surface area contributed by atoms with E-state index in [1.54, 1.807) is 0 Å². The van der Waals surface area contributed by atoms with Crippen LogP contribution in [-0.4, -0.2) is 18.1 Å². The van der Waals surface area contributed by atoms with Gasteiger partial charge in [0.15, 0.2) is 0 Å². The molecule has 2 heterocycles. The zero-order chi connectivity index (χ0) is 12.8. The van der Waals surface area contributed by atoms with Crippen molar-refractivity contribution in [2.24, 2.45) is 0 Å². The second-order valence-electron chi connectivity index (χ2n) is 6.40. The number of anilines is 1. The van der Waals surface area contributed by atoms with Crippen LogP contribution in [0.25, 0.3) is 10.9 Å². The molecule has 1 aliphatic rings. The number of hydrogen-bond donors (Lipinski definition) is 1. The fraction of sp³-hybridized carbons (Fsp3) is 0.500. The summed E-state index contributed by atoms with van der Waals surface area (Å²) in [5.41, 5.74) is 4.13. The molecular weight excluding hydrogens is 220 g/mol. The number of aromatic amines is 1. The van der Waals surface area contributed by atoms with Crippen molar-refractivity contribution in [1.82, 2.24) is 4.98 Å². The van der Waals surface area contributed by atoms with E-state index in [1.807, 2.05) is 0 Å². The van der Waals surface area contributed by atoms with Crippen molar-refractivity contribution in [3.05, 3.63) is 30.0 Å². The molecule has 1 N–H and O–H groups in total. The van der Waals surface area contributed by atoms with Crippen molar-refractivity contribution >= 4 is 16.6 Å². The van der Waals surface area contributed by atoms with Crippen molar-refractivity contribution in [2.45, 2.75) is 39.0 Å². The molecule has 0 radical (unpaired) electrons. The molecule has 1 aromatic heterocycles. The molecule has 0 atom stereocenters. The first-order valence-electron chi connectivity index (χ1n) is 6.92. The highest BCUT2D eigenvalue weighted by atomic mass is 15.1. The van der Waals surface area contributed by atoms with Crippen LogP contribution in [0.1, 0.15) is 39.3 Å². The molecule has 1 aliphatic heterocycles. The van der Waals surface area contributed by atoms with Gasteiger partial charge in [0.2, 0.25) is 0 Å². The van der Waals surface area contributed by atoms with Crippen LogP contribution in [0.2, 0.25) is 0 Å². The average Bonchev–Trinajstić information content (AvgIpc) is 2.96. The van der Waals surface area contributed by atoms with Crippen molar-refractivity contribution < 1.29 is 0 Å². The predicted octanol–water partition coefficient (Wildman–Crippen LogP) is 4.07.